The quantitative estimate of drug-likeness (QED) is 0.573. The van der Waals surface area contributed by atoms with Crippen molar-refractivity contribution in [2.45, 2.75) is 5.25 Å². The molecule has 1 rings (SSSR count). The third-order valence-electron chi connectivity index (χ3n) is 1.87. The van der Waals surface area contributed by atoms with E-state index in [2.05, 4.69) is 6.58 Å². The van der Waals surface area contributed by atoms with Crippen molar-refractivity contribution < 1.29 is 8.42 Å². The number of hydrogen-bond acceptors (Lipinski definition) is 3. The maximum atomic E-state index is 11.2. The molecule has 0 spiro atoms. The van der Waals surface area contributed by atoms with Gasteiger partial charge in [0.2, 0.25) is 10.0 Å². The molecule has 14 heavy (non-hydrogen) atoms. The van der Waals surface area contributed by atoms with E-state index in [0.29, 0.717) is 11.3 Å². The molecule has 0 aliphatic carbocycles. The summed E-state index contributed by atoms with van der Waals surface area (Å²) in [5, 5.41) is 4.10. The summed E-state index contributed by atoms with van der Waals surface area (Å²) in [5.41, 5.74) is 6.48. The molecule has 1 atom stereocenters. The van der Waals surface area contributed by atoms with Gasteiger partial charge in [0.25, 0.3) is 0 Å². The second-order valence-electron chi connectivity index (χ2n) is 2.87. The lowest BCUT2D eigenvalue weighted by molar-refractivity contribution is 0.592. The van der Waals surface area contributed by atoms with Crippen molar-refractivity contribution in [2.24, 2.45) is 5.14 Å². The van der Waals surface area contributed by atoms with E-state index in [0.717, 1.165) is 0 Å². The number of benzene rings is 1. The SMILES string of the molecule is C=CC(c1ccccc1N)S(N)(=O)=O. The Balaban J connectivity index is 3.28. The lowest BCUT2D eigenvalue weighted by Gasteiger charge is -2.12. The lowest BCUT2D eigenvalue weighted by atomic mass is 10.1. The fourth-order valence-electron chi connectivity index (χ4n) is 1.21. The lowest BCUT2D eigenvalue weighted by Crippen LogP contribution is -2.20. The zero-order valence-corrected chi connectivity index (χ0v) is 8.37. The van der Waals surface area contributed by atoms with Gasteiger partial charge in [0.15, 0.2) is 0 Å². The number of sulfonamides is 1. The van der Waals surface area contributed by atoms with E-state index >= 15 is 0 Å². The Morgan fingerprint density at radius 2 is 1.93 bits per heavy atom. The summed E-state index contributed by atoms with van der Waals surface area (Å²) in [6.07, 6.45) is 1.26. The van der Waals surface area contributed by atoms with Crippen LogP contribution in [0.2, 0.25) is 0 Å². The molecule has 0 fully saturated rings. The molecule has 0 aliphatic heterocycles. The van der Waals surface area contributed by atoms with E-state index in [-0.39, 0.29) is 0 Å². The van der Waals surface area contributed by atoms with Crippen molar-refractivity contribution in [3.63, 3.8) is 0 Å². The zero-order valence-electron chi connectivity index (χ0n) is 7.55. The Hall–Kier alpha value is -1.33. The van der Waals surface area contributed by atoms with Gasteiger partial charge < -0.3 is 5.73 Å². The van der Waals surface area contributed by atoms with E-state index in [1.54, 1.807) is 24.3 Å². The predicted octanol–water partition coefficient (Wildman–Crippen LogP) is 0.784. The third-order valence-corrected chi connectivity index (χ3v) is 3.02. The molecule has 0 bridgehead atoms. The molecule has 1 aromatic carbocycles. The summed E-state index contributed by atoms with van der Waals surface area (Å²) in [6, 6.07) is 6.67. The van der Waals surface area contributed by atoms with Crippen LogP contribution < -0.4 is 10.9 Å². The highest BCUT2D eigenvalue weighted by molar-refractivity contribution is 7.89. The van der Waals surface area contributed by atoms with E-state index in [4.69, 9.17) is 10.9 Å². The van der Waals surface area contributed by atoms with Crippen LogP contribution in [0.4, 0.5) is 5.69 Å². The van der Waals surface area contributed by atoms with Gasteiger partial charge in [-0.2, -0.15) is 0 Å². The van der Waals surface area contributed by atoms with Crippen LogP contribution in [0.5, 0.6) is 0 Å². The number of para-hydroxylation sites is 1. The van der Waals surface area contributed by atoms with Gasteiger partial charge in [-0.1, -0.05) is 24.3 Å². The summed E-state index contributed by atoms with van der Waals surface area (Å²) in [5.74, 6) is 0. The molecule has 0 aliphatic rings. The van der Waals surface area contributed by atoms with Gasteiger partial charge in [-0.15, -0.1) is 6.58 Å². The van der Waals surface area contributed by atoms with Gasteiger partial charge in [0.1, 0.15) is 5.25 Å². The zero-order chi connectivity index (χ0) is 10.8. The molecule has 0 heterocycles. The van der Waals surface area contributed by atoms with E-state index in [1.807, 2.05) is 0 Å². The Morgan fingerprint density at radius 3 is 2.36 bits per heavy atom. The largest absolute Gasteiger partial charge is 0.398 e. The first-order valence-corrected chi connectivity index (χ1v) is 5.56. The van der Waals surface area contributed by atoms with E-state index in [1.165, 1.54) is 6.08 Å². The second-order valence-corrected chi connectivity index (χ2v) is 4.56. The molecule has 5 heteroatoms. The first-order chi connectivity index (χ1) is 6.46. The highest BCUT2D eigenvalue weighted by Gasteiger charge is 2.21. The first-order valence-electron chi connectivity index (χ1n) is 3.95. The number of nitrogens with two attached hydrogens (primary N) is 2. The van der Waals surface area contributed by atoms with Crippen LogP contribution in [0.3, 0.4) is 0 Å². The van der Waals surface area contributed by atoms with Crippen molar-refractivity contribution >= 4 is 15.7 Å². The number of anilines is 1. The molecule has 0 saturated carbocycles. The highest BCUT2D eigenvalue weighted by atomic mass is 32.2. The normalized spacial score (nSPS) is 13.5. The Morgan fingerprint density at radius 1 is 1.36 bits per heavy atom. The minimum Gasteiger partial charge on any atom is -0.398 e. The maximum absolute atomic E-state index is 11.2. The van der Waals surface area contributed by atoms with Crippen LogP contribution in [-0.4, -0.2) is 8.42 Å². The molecular weight excluding hydrogens is 200 g/mol. The molecule has 4 N–H and O–H groups in total. The van der Waals surface area contributed by atoms with Crippen molar-refractivity contribution in [1.29, 1.82) is 0 Å². The Bertz CT molecular complexity index is 440. The van der Waals surface area contributed by atoms with Gasteiger partial charge in [-0.05, 0) is 11.6 Å². The van der Waals surface area contributed by atoms with E-state index < -0.39 is 15.3 Å². The smallest absolute Gasteiger partial charge is 0.219 e. The fraction of sp³-hybridized carbons (Fsp3) is 0.111. The fourth-order valence-corrected chi connectivity index (χ4v) is 2.04. The molecule has 0 aromatic heterocycles. The molecule has 76 valence electrons. The van der Waals surface area contributed by atoms with Crippen LogP contribution in [0, 0.1) is 0 Å². The number of nitrogen functional groups attached to an aromatic ring is 1. The monoisotopic (exact) mass is 212 g/mol. The number of primary sulfonamides is 1. The average Bonchev–Trinajstić information content (AvgIpc) is 2.07. The minimum absolute atomic E-state index is 0.395. The molecule has 0 radical (unpaired) electrons. The Labute approximate surface area is 83.3 Å². The van der Waals surface area contributed by atoms with Crippen molar-refractivity contribution in [2.75, 3.05) is 5.73 Å². The molecule has 1 unspecified atom stereocenters. The van der Waals surface area contributed by atoms with Gasteiger partial charge in [0.05, 0.1) is 0 Å². The van der Waals surface area contributed by atoms with E-state index in [9.17, 15) is 8.42 Å². The van der Waals surface area contributed by atoms with Crippen LogP contribution in [-0.2, 0) is 10.0 Å². The van der Waals surface area contributed by atoms with Gasteiger partial charge >= 0.3 is 0 Å². The molecule has 4 nitrogen and oxygen atoms in total. The van der Waals surface area contributed by atoms with Gasteiger partial charge in [0, 0.05) is 5.69 Å². The summed E-state index contributed by atoms with van der Waals surface area (Å²) in [4.78, 5) is 0. The summed E-state index contributed by atoms with van der Waals surface area (Å²) >= 11 is 0. The Kier molecular flexibility index (Phi) is 2.93. The van der Waals surface area contributed by atoms with Crippen LogP contribution in [0.25, 0.3) is 0 Å². The van der Waals surface area contributed by atoms with Crippen molar-refractivity contribution in [3.05, 3.63) is 42.5 Å². The molecular formula is C9H12N2O2S. The summed E-state index contributed by atoms with van der Waals surface area (Å²) < 4.78 is 22.3. The second kappa shape index (κ2) is 3.81. The topological polar surface area (TPSA) is 86.2 Å². The standard InChI is InChI=1S/C9H12N2O2S/c1-2-9(14(11,12)13)7-5-3-4-6-8(7)10/h2-6,9H,1,10H2,(H2,11,12,13). The third kappa shape index (κ3) is 2.12. The van der Waals surface area contributed by atoms with Gasteiger partial charge in [-0.25, -0.2) is 13.6 Å². The maximum Gasteiger partial charge on any atom is 0.219 e. The molecule has 0 amide bonds. The van der Waals surface area contributed by atoms with Crippen LogP contribution in [0.15, 0.2) is 36.9 Å². The molecule has 1 aromatic rings. The first kappa shape index (κ1) is 10.7. The van der Waals surface area contributed by atoms with Crippen molar-refractivity contribution in [3.8, 4) is 0 Å². The minimum atomic E-state index is -3.69. The predicted molar refractivity (Wildman–Crippen MR) is 56.9 cm³/mol. The van der Waals surface area contributed by atoms with Crippen LogP contribution in [0.1, 0.15) is 10.8 Å². The molecule has 0 saturated heterocycles. The average molecular weight is 212 g/mol. The van der Waals surface area contributed by atoms with Crippen molar-refractivity contribution in [1.82, 2.24) is 0 Å². The summed E-state index contributed by atoms with van der Waals surface area (Å²) in [6.45, 7) is 3.43. The van der Waals surface area contributed by atoms with Gasteiger partial charge in [-0.3, -0.25) is 0 Å². The summed E-state index contributed by atoms with van der Waals surface area (Å²) in [7, 11) is -3.69. The highest BCUT2D eigenvalue weighted by Crippen LogP contribution is 2.25. The number of rotatable bonds is 3. The number of hydrogen-bond donors (Lipinski definition) is 2. The van der Waals surface area contributed by atoms with Crippen LogP contribution >= 0.6 is 0 Å².